The molecule has 138 valence electrons. The van der Waals surface area contributed by atoms with Gasteiger partial charge in [0.05, 0.1) is 5.57 Å². The van der Waals surface area contributed by atoms with E-state index in [1.165, 1.54) is 0 Å². The Kier molecular flexibility index (Phi) is 4.66. The highest BCUT2D eigenvalue weighted by Crippen LogP contribution is 2.41. The van der Waals surface area contributed by atoms with Gasteiger partial charge in [0, 0.05) is 29.0 Å². The van der Waals surface area contributed by atoms with Gasteiger partial charge in [-0.1, -0.05) is 78.9 Å². The first-order valence-corrected chi connectivity index (χ1v) is 9.29. The van der Waals surface area contributed by atoms with Crippen molar-refractivity contribution in [3.63, 3.8) is 0 Å². The first-order valence-electron chi connectivity index (χ1n) is 9.29. The van der Waals surface area contributed by atoms with Gasteiger partial charge in [0.15, 0.2) is 11.6 Å². The molecule has 0 bridgehead atoms. The van der Waals surface area contributed by atoms with Gasteiger partial charge in [0.2, 0.25) is 0 Å². The summed E-state index contributed by atoms with van der Waals surface area (Å²) in [6.07, 6.45) is 0.119. The number of rotatable bonds is 5. The number of carbonyl (C=O) groups is 2. The molecule has 1 atom stereocenters. The van der Waals surface area contributed by atoms with Crippen LogP contribution < -0.4 is 0 Å². The second-order valence-corrected chi connectivity index (χ2v) is 7.04. The van der Waals surface area contributed by atoms with E-state index in [4.69, 9.17) is 0 Å². The lowest BCUT2D eigenvalue weighted by atomic mass is 9.83. The lowest BCUT2D eigenvalue weighted by Gasteiger charge is -2.18. The van der Waals surface area contributed by atoms with Crippen LogP contribution in [0.3, 0.4) is 0 Å². The lowest BCUT2D eigenvalue weighted by molar-refractivity contribution is 0.0972. The molecular weight excluding hydrogens is 348 g/mol. The van der Waals surface area contributed by atoms with Gasteiger partial charge >= 0.3 is 0 Å². The van der Waals surface area contributed by atoms with Crippen LogP contribution in [0.15, 0.2) is 84.4 Å². The lowest BCUT2D eigenvalue weighted by Crippen LogP contribution is -2.15. The van der Waals surface area contributed by atoms with Gasteiger partial charge in [-0.15, -0.1) is 0 Å². The van der Waals surface area contributed by atoms with Gasteiger partial charge in [-0.05, 0) is 18.1 Å². The number of hydrogen-bond donors (Lipinski definition) is 1. The second-order valence-electron chi connectivity index (χ2n) is 7.04. The zero-order valence-electron chi connectivity index (χ0n) is 15.6. The average molecular weight is 368 g/mol. The minimum atomic E-state index is -0.506. The highest BCUT2D eigenvalue weighted by atomic mass is 16.3. The van der Waals surface area contributed by atoms with Gasteiger partial charge in [-0.2, -0.15) is 0 Å². The minimum absolute atomic E-state index is 0.0213. The molecule has 1 aliphatic rings. The van der Waals surface area contributed by atoms with E-state index in [2.05, 4.69) is 0 Å². The maximum absolute atomic E-state index is 13.1. The summed E-state index contributed by atoms with van der Waals surface area (Å²) in [4.78, 5) is 26.2. The molecule has 0 radical (unpaired) electrons. The van der Waals surface area contributed by atoms with E-state index in [0.717, 1.165) is 11.1 Å². The van der Waals surface area contributed by atoms with Crippen LogP contribution in [0.4, 0.5) is 0 Å². The Bertz CT molecular complexity index is 1090. The molecule has 28 heavy (non-hydrogen) atoms. The van der Waals surface area contributed by atoms with E-state index in [0.29, 0.717) is 22.3 Å². The summed E-state index contributed by atoms with van der Waals surface area (Å²) in [7, 11) is 0. The third-order valence-electron chi connectivity index (χ3n) is 5.31. The number of ketones is 2. The number of fused-ring (bicyclic) bond motifs is 1. The monoisotopic (exact) mass is 368 g/mol. The number of hydrogen-bond acceptors (Lipinski definition) is 3. The third kappa shape index (κ3) is 3.05. The van der Waals surface area contributed by atoms with Crippen molar-refractivity contribution in [3.8, 4) is 0 Å². The first kappa shape index (κ1) is 17.9. The summed E-state index contributed by atoms with van der Waals surface area (Å²) >= 11 is 0. The van der Waals surface area contributed by atoms with Gasteiger partial charge in [-0.3, -0.25) is 9.59 Å². The Morgan fingerprint density at radius 1 is 0.857 bits per heavy atom. The van der Waals surface area contributed by atoms with Crippen molar-refractivity contribution in [2.24, 2.45) is 0 Å². The fraction of sp³-hybridized carbons (Fsp3) is 0.120. The molecule has 3 aromatic rings. The van der Waals surface area contributed by atoms with Crippen molar-refractivity contribution in [2.45, 2.75) is 19.3 Å². The largest absolute Gasteiger partial charge is 0.507 e. The van der Waals surface area contributed by atoms with Crippen molar-refractivity contribution in [1.82, 2.24) is 0 Å². The zero-order chi connectivity index (χ0) is 19.7. The third-order valence-corrected chi connectivity index (χ3v) is 5.31. The summed E-state index contributed by atoms with van der Waals surface area (Å²) in [6, 6.07) is 23.9. The van der Waals surface area contributed by atoms with Gasteiger partial charge in [-0.25, -0.2) is 0 Å². The fourth-order valence-corrected chi connectivity index (χ4v) is 3.86. The van der Waals surface area contributed by atoms with Gasteiger partial charge in [0.1, 0.15) is 5.76 Å². The molecule has 0 aliphatic heterocycles. The molecule has 1 N–H and O–H groups in total. The highest BCUT2D eigenvalue weighted by molar-refractivity contribution is 6.20. The van der Waals surface area contributed by atoms with Crippen LogP contribution in [0, 0.1) is 6.92 Å². The van der Waals surface area contributed by atoms with Crippen LogP contribution in [-0.2, 0) is 0 Å². The molecule has 0 saturated heterocycles. The van der Waals surface area contributed by atoms with E-state index in [-0.39, 0.29) is 23.7 Å². The Balaban J connectivity index is 1.78. The number of aryl methyl sites for hydroxylation is 1. The normalized spacial score (nSPS) is 14.1. The number of carbonyl (C=O) groups excluding carboxylic acids is 2. The molecule has 0 amide bonds. The molecule has 1 aliphatic carbocycles. The second kappa shape index (κ2) is 7.28. The van der Waals surface area contributed by atoms with Gasteiger partial charge in [0.25, 0.3) is 0 Å². The predicted molar refractivity (Wildman–Crippen MR) is 110 cm³/mol. The van der Waals surface area contributed by atoms with Crippen molar-refractivity contribution in [1.29, 1.82) is 0 Å². The van der Waals surface area contributed by atoms with E-state index >= 15 is 0 Å². The fourth-order valence-electron chi connectivity index (χ4n) is 3.86. The summed E-state index contributed by atoms with van der Waals surface area (Å²) in [6.45, 7) is 1.90. The minimum Gasteiger partial charge on any atom is -0.507 e. The van der Waals surface area contributed by atoms with Crippen LogP contribution >= 0.6 is 0 Å². The quantitative estimate of drug-likeness (QED) is 0.604. The van der Waals surface area contributed by atoms with Crippen molar-refractivity contribution in [2.75, 3.05) is 0 Å². The number of allylic oxidation sites excluding steroid dienone is 1. The molecule has 0 saturated carbocycles. The molecule has 3 nitrogen and oxygen atoms in total. The van der Waals surface area contributed by atoms with E-state index < -0.39 is 5.92 Å². The van der Waals surface area contributed by atoms with E-state index in [9.17, 15) is 14.7 Å². The Morgan fingerprint density at radius 2 is 1.46 bits per heavy atom. The topological polar surface area (TPSA) is 54.4 Å². The molecule has 3 heteroatoms. The van der Waals surface area contributed by atoms with Crippen LogP contribution in [-0.4, -0.2) is 16.7 Å². The number of Topliss-reactive ketones (excluding diaryl/α,β-unsaturated/α-hetero) is 2. The van der Waals surface area contributed by atoms with Crippen molar-refractivity contribution >= 4 is 17.3 Å². The molecule has 0 unspecified atom stereocenters. The van der Waals surface area contributed by atoms with Crippen LogP contribution in [0.2, 0.25) is 0 Å². The van der Waals surface area contributed by atoms with Crippen LogP contribution in [0.5, 0.6) is 0 Å². The zero-order valence-corrected chi connectivity index (χ0v) is 15.6. The Morgan fingerprint density at radius 3 is 2.14 bits per heavy atom. The molecule has 4 rings (SSSR count). The number of aliphatic hydroxyl groups is 1. The summed E-state index contributed by atoms with van der Waals surface area (Å²) < 4.78 is 0. The van der Waals surface area contributed by atoms with Crippen molar-refractivity contribution < 1.29 is 14.7 Å². The maximum Gasteiger partial charge on any atom is 0.194 e. The smallest absolute Gasteiger partial charge is 0.194 e. The summed E-state index contributed by atoms with van der Waals surface area (Å²) in [5.41, 5.74) is 3.71. The number of aliphatic hydroxyl groups excluding tert-OH is 1. The van der Waals surface area contributed by atoms with Crippen molar-refractivity contribution in [3.05, 3.63) is 112 Å². The maximum atomic E-state index is 13.1. The van der Waals surface area contributed by atoms with Gasteiger partial charge < -0.3 is 5.11 Å². The summed E-state index contributed by atoms with van der Waals surface area (Å²) in [5.74, 6) is -0.782. The Labute approximate surface area is 164 Å². The molecule has 0 aromatic heterocycles. The Hall–Kier alpha value is -3.46. The highest BCUT2D eigenvalue weighted by Gasteiger charge is 2.36. The molecule has 0 heterocycles. The SMILES string of the molecule is Cc1ccccc1C(=O)C[C@H](C1=C(O)c2ccccc2C1=O)c1ccccc1. The molecular formula is C25H20O3. The molecule has 0 spiro atoms. The van der Waals surface area contributed by atoms with E-state index in [1.54, 1.807) is 30.3 Å². The average Bonchev–Trinajstić information content (AvgIpc) is 2.98. The van der Waals surface area contributed by atoms with Crippen LogP contribution in [0.25, 0.3) is 5.76 Å². The summed E-state index contributed by atoms with van der Waals surface area (Å²) in [5, 5.41) is 10.8. The number of benzene rings is 3. The van der Waals surface area contributed by atoms with E-state index in [1.807, 2.05) is 55.5 Å². The molecule has 3 aromatic carbocycles. The molecule has 0 fully saturated rings. The van der Waals surface area contributed by atoms with Crippen LogP contribution in [0.1, 0.15) is 49.7 Å². The first-order chi connectivity index (χ1) is 13.6. The standard InChI is InChI=1S/C25H20O3/c1-16-9-5-6-12-18(16)22(26)15-21(17-10-3-2-4-11-17)23-24(27)19-13-7-8-14-20(19)25(23)28/h2-14,21,27H,15H2,1H3/t21-/m0/s1. The predicted octanol–water partition coefficient (Wildman–Crippen LogP) is 5.52.